The van der Waals surface area contributed by atoms with Gasteiger partial charge < -0.3 is 19.5 Å². The SMILES string of the molecule is COc1cc(CNc2ccc3nnnn3n2)cc(OC)c1OC. The summed E-state index contributed by atoms with van der Waals surface area (Å²) in [6.45, 7) is 0.525. The molecule has 3 aromatic rings. The Morgan fingerprint density at radius 2 is 1.78 bits per heavy atom. The molecule has 9 heteroatoms. The number of anilines is 1. The third-order valence-electron chi connectivity index (χ3n) is 3.27. The highest BCUT2D eigenvalue weighted by molar-refractivity contribution is 5.54. The number of rotatable bonds is 6. The minimum Gasteiger partial charge on any atom is -0.493 e. The predicted molar refractivity (Wildman–Crippen MR) is 82.0 cm³/mol. The molecule has 0 aliphatic heterocycles. The predicted octanol–water partition coefficient (Wildman–Crippen LogP) is 1.16. The van der Waals surface area contributed by atoms with E-state index in [0.717, 1.165) is 5.56 Å². The Bertz CT molecular complexity index is 794. The van der Waals surface area contributed by atoms with Crippen LogP contribution < -0.4 is 19.5 Å². The average molecular weight is 316 g/mol. The highest BCUT2D eigenvalue weighted by atomic mass is 16.5. The number of hydrogen-bond donors (Lipinski definition) is 1. The van der Waals surface area contributed by atoms with E-state index in [9.17, 15) is 0 Å². The van der Waals surface area contributed by atoms with Crippen LogP contribution in [0.2, 0.25) is 0 Å². The Hall–Kier alpha value is -3.10. The number of hydrogen-bond acceptors (Lipinski definition) is 8. The second kappa shape index (κ2) is 6.34. The van der Waals surface area contributed by atoms with Gasteiger partial charge in [-0.25, -0.2) is 0 Å². The Labute approximate surface area is 132 Å². The van der Waals surface area contributed by atoms with Crippen molar-refractivity contribution < 1.29 is 14.2 Å². The fourth-order valence-electron chi connectivity index (χ4n) is 2.17. The summed E-state index contributed by atoms with van der Waals surface area (Å²) in [4.78, 5) is 0. The van der Waals surface area contributed by atoms with E-state index in [1.165, 1.54) is 4.63 Å². The van der Waals surface area contributed by atoms with Crippen molar-refractivity contribution >= 4 is 11.5 Å². The monoisotopic (exact) mass is 316 g/mol. The van der Waals surface area contributed by atoms with Crippen LogP contribution >= 0.6 is 0 Å². The molecular weight excluding hydrogens is 300 g/mol. The molecule has 0 atom stereocenters. The smallest absolute Gasteiger partial charge is 0.203 e. The number of methoxy groups -OCH3 is 3. The molecule has 0 radical (unpaired) electrons. The maximum atomic E-state index is 5.34. The lowest BCUT2D eigenvalue weighted by atomic mass is 10.1. The lowest BCUT2D eigenvalue weighted by Gasteiger charge is -2.14. The Morgan fingerprint density at radius 3 is 2.43 bits per heavy atom. The van der Waals surface area contributed by atoms with Crippen LogP contribution in [0.25, 0.3) is 5.65 Å². The van der Waals surface area contributed by atoms with Crippen LogP contribution in [0.4, 0.5) is 5.82 Å². The molecule has 2 heterocycles. The standard InChI is InChI=1S/C14H16N6O3/c1-21-10-6-9(7-11(22-2)14(10)23-3)8-15-12-4-5-13-16-18-19-20(13)17-12/h4-7H,8H2,1-3H3,(H,15,17). The summed E-state index contributed by atoms with van der Waals surface area (Å²) in [7, 11) is 4.74. The molecule has 0 saturated heterocycles. The number of benzene rings is 1. The summed E-state index contributed by atoms with van der Waals surface area (Å²) in [5.41, 5.74) is 1.54. The average Bonchev–Trinajstić information content (AvgIpc) is 3.06. The fraction of sp³-hybridized carbons (Fsp3) is 0.286. The van der Waals surface area contributed by atoms with Crippen LogP contribution in [0.5, 0.6) is 17.2 Å². The molecule has 0 saturated carbocycles. The maximum Gasteiger partial charge on any atom is 0.203 e. The molecule has 120 valence electrons. The van der Waals surface area contributed by atoms with Crippen LogP contribution in [0.3, 0.4) is 0 Å². The second-order valence-electron chi connectivity index (χ2n) is 4.63. The molecule has 3 rings (SSSR count). The van der Waals surface area contributed by atoms with E-state index in [0.29, 0.717) is 35.3 Å². The molecule has 0 bridgehead atoms. The molecule has 0 fully saturated rings. The lowest BCUT2D eigenvalue weighted by Crippen LogP contribution is -2.05. The van der Waals surface area contributed by atoms with E-state index >= 15 is 0 Å². The number of nitrogens with one attached hydrogen (secondary N) is 1. The number of fused-ring (bicyclic) bond motifs is 1. The van der Waals surface area contributed by atoms with Gasteiger partial charge in [0.2, 0.25) is 5.75 Å². The van der Waals surface area contributed by atoms with Gasteiger partial charge in [-0.05, 0) is 40.3 Å². The number of nitrogens with zero attached hydrogens (tertiary/aromatic N) is 5. The minimum atomic E-state index is 0.525. The molecule has 0 aliphatic carbocycles. The van der Waals surface area contributed by atoms with Gasteiger partial charge in [0.15, 0.2) is 17.1 Å². The molecule has 1 aromatic carbocycles. The van der Waals surface area contributed by atoms with Gasteiger partial charge in [-0.3, -0.25) is 0 Å². The summed E-state index contributed by atoms with van der Waals surface area (Å²) in [6.07, 6.45) is 0. The zero-order valence-electron chi connectivity index (χ0n) is 13.0. The minimum absolute atomic E-state index is 0.525. The third kappa shape index (κ3) is 2.93. The highest BCUT2D eigenvalue weighted by Gasteiger charge is 2.13. The van der Waals surface area contributed by atoms with E-state index in [4.69, 9.17) is 14.2 Å². The van der Waals surface area contributed by atoms with E-state index in [1.54, 1.807) is 27.4 Å². The maximum absolute atomic E-state index is 5.34. The highest BCUT2D eigenvalue weighted by Crippen LogP contribution is 2.38. The first kappa shape index (κ1) is 14.8. The van der Waals surface area contributed by atoms with Crippen molar-refractivity contribution in [3.8, 4) is 17.2 Å². The van der Waals surface area contributed by atoms with Crippen LogP contribution in [0.1, 0.15) is 5.56 Å². The molecule has 1 N–H and O–H groups in total. The summed E-state index contributed by atoms with van der Waals surface area (Å²) < 4.78 is 17.3. The first-order valence-corrected chi connectivity index (χ1v) is 6.83. The van der Waals surface area contributed by atoms with Crippen molar-refractivity contribution in [1.29, 1.82) is 0 Å². The molecule has 0 aliphatic rings. The topological polar surface area (TPSA) is 95.7 Å². The van der Waals surface area contributed by atoms with Gasteiger partial charge in [0.05, 0.1) is 21.3 Å². The van der Waals surface area contributed by atoms with Crippen LogP contribution in [-0.2, 0) is 6.54 Å². The Morgan fingerprint density at radius 1 is 1.04 bits per heavy atom. The van der Waals surface area contributed by atoms with Crippen molar-refractivity contribution in [1.82, 2.24) is 25.3 Å². The second-order valence-corrected chi connectivity index (χ2v) is 4.63. The molecule has 0 unspecified atom stereocenters. The molecule has 2 aromatic heterocycles. The van der Waals surface area contributed by atoms with E-state index in [-0.39, 0.29) is 0 Å². The Kier molecular flexibility index (Phi) is 4.09. The van der Waals surface area contributed by atoms with Crippen molar-refractivity contribution in [3.63, 3.8) is 0 Å². The molecule has 9 nitrogen and oxygen atoms in total. The first-order valence-electron chi connectivity index (χ1n) is 6.83. The molecule has 23 heavy (non-hydrogen) atoms. The van der Waals surface area contributed by atoms with Gasteiger partial charge >= 0.3 is 0 Å². The summed E-state index contributed by atoms with van der Waals surface area (Å²) in [5.74, 6) is 2.42. The van der Waals surface area contributed by atoms with Gasteiger partial charge in [-0.15, -0.1) is 14.8 Å². The van der Waals surface area contributed by atoms with Gasteiger partial charge in [0, 0.05) is 6.54 Å². The number of ether oxygens (including phenoxy) is 3. The number of aromatic nitrogens is 5. The summed E-state index contributed by atoms with van der Waals surface area (Å²) in [5, 5.41) is 18.6. The summed E-state index contributed by atoms with van der Waals surface area (Å²) >= 11 is 0. The Balaban J connectivity index is 1.81. The third-order valence-corrected chi connectivity index (χ3v) is 3.27. The zero-order valence-corrected chi connectivity index (χ0v) is 13.0. The van der Waals surface area contributed by atoms with Gasteiger partial charge in [0.25, 0.3) is 0 Å². The van der Waals surface area contributed by atoms with Crippen LogP contribution in [0.15, 0.2) is 24.3 Å². The lowest BCUT2D eigenvalue weighted by molar-refractivity contribution is 0.324. The molecule has 0 spiro atoms. The van der Waals surface area contributed by atoms with E-state index < -0.39 is 0 Å². The fourth-order valence-corrected chi connectivity index (χ4v) is 2.17. The van der Waals surface area contributed by atoms with Crippen LogP contribution in [0, 0.1) is 0 Å². The van der Waals surface area contributed by atoms with Crippen LogP contribution in [-0.4, -0.2) is 46.6 Å². The molecular formula is C14H16N6O3. The first-order chi connectivity index (χ1) is 11.2. The normalized spacial score (nSPS) is 10.6. The zero-order chi connectivity index (χ0) is 16.2. The van der Waals surface area contributed by atoms with Crippen molar-refractivity contribution in [2.24, 2.45) is 0 Å². The van der Waals surface area contributed by atoms with Crippen molar-refractivity contribution in [2.75, 3.05) is 26.6 Å². The van der Waals surface area contributed by atoms with Crippen molar-refractivity contribution in [2.45, 2.75) is 6.54 Å². The van der Waals surface area contributed by atoms with Crippen molar-refractivity contribution in [3.05, 3.63) is 29.8 Å². The molecule has 0 amide bonds. The summed E-state index contributed by atoms with van der Waals surface area (Å²) in [6, 6.07) is 7.35. The van der Waals surface area contributed by atoms with Gasteiger partial charge in [0.1, 0.15) is 5.82 Å². The largest absolute Gasteiger partial charge is 0.493 e. The quantitative estimate of drug-likeness (QED) is 0.723. The van der Waals surface area contributed by atoms with E-state index in [2.05, 4.69) is 25.9 Å². The van der Waals surface area contributed by atoms with E-state index in [1.807, 2.05) is 18.2 Å². The van der Waals surface area contributed by atoms with Gasteiger partial charge in [-0.1, -0.05) is 0 Å². The number of tetrazole rings is 1. The van der Waals surface area contributed by atoms with Gasteiger partial charge in [-0.2, -0.15) is 0 Å².